The molecular formula is C9H12N2O4. The van der Waals surface area contributed by atoms with Crippen LogP contribution in [0.4, 0.5) is 0 Å². The van der Waals surface area contributed by atoms with Gasteiger partial charge in [0.25, 0.3) is 0 Å². The van der Waals surface area contributed by atoms with E-state index in [4.69, 9.17) is 14.4 Å². The molecule has 0 aromatic carbocycles. The molecule has 1 unspecified atom stereocenters. The molecule has 15 heavy (non-hydrogen) atoms. The van der Waals surface area contributed by atoms with Gasteiger partial charge in [-0.25, -0.2) is 0 Å². The predicted octanol–water partition coefficient (Wildman–Crippen LogP) is 0.591. The van der Waals surface area contributed by atoms with Gasteiger partial charge in [0.05, 0.1) is 13.0 Å². The molecule has 1 N–H and O–H groups in total. The van der Waals surface area contributed by atoms with Crippen molar-refractivity contribution in [3.63, 3.8) is 0 Å². The van der Waals surface area contributed by atoms with Gasteiger partial charge in [-0.15, -0.1) is 0 Å². The van der Waals surface area contributed by atoms with E-state index in [2.05, 4.69) is 10.1 Å². The minimum atomic E-state index is -0.862. The van der Waals surface area contributed by atoms with Gasteiger partial charge >= 0.3 is 5.97 Å². The molecule has 1 aliphatic rings. The average molecular weight is 212 g/mol. The molecule has 6 nitrogen and oxygen atoms in total. The van der Waals surface area contributed by atoms with Crippen molar-refractivity contribution in [2.45, 2.75) is 25.2 Å². The number of aryl methyl sites for hydroxylation is 1. The predicted molar refractivity (Wildman–Crippen MR) is 48.4 cm³/mol. The van der Waals surface area contributed by atoms with Crippen LogP contribution in [-0.4, -0.2) is 34.4 Å². The summed E-state index contributed by atoms with van der Waals surface area (Å²) in [5.41, 5.74) is 0. The Morgan fingerprint density at radius 2 is 2.47 bits per heavy atom. The smallest absolute Gasteiger partial charge is 0.303 e. The second-order valence-electron chi connectivity index (χ2n) is 3.50. The Morgan fingerprint density at radius 1 is 1.60 bits per heavy atom. The Balaban J connectivity index is 1.94. The van der Waals surface area contributed by atoms with Crippen LogP contribution >= 0.6 is 0 Å². The largest absolute Gasteiger partial charge is 0.481 e. The monoisotopic (exact) mass is 212 g/mol. The van der Waals surface area contributed by atoms with Crippen LogP contribution in [0.1, 0.15) is 30.5 Å². The summed E-state index contributed by atoms with van der Waals surface area (Å²) in [6.07, 6.45) is 1.20. The molecule has 82 valence electrons. The summed E-state index contributed by atoms with van der Waals surface area (Å²) in [4.78, 5) is 14.5. The number of hydrogen-bond donors (Lipinski definition) is 1. The van der Waals surface area contributed by atoms with Gasteiger partial charge in [-0.05, 0) is 6.42 Å². The minimum Gasteiger partial charge on any atom is -0.481 e. The van der Waals surface area contributed by atoms with Crippen molar-refractivity contribution in [3.05, 3.63) is 11.7 Å². The van der Waals surface area contributed by atoms with Crippen LogP contribution in [0.3, 0.4) is 0 Å². The first-order chi connectivity index (χ1) is 7.25. The third kappa shape index (κ3) is 2.53. The van der Waals surface area contributed by atoms with Gasteiger partial charge in [-0.3, -0.25) is 4.79 Å². The van der Waals surface area contributed by atoms with Gasteiger partial charge in [0.1, 0.15) is 0 Å². The lowest BCUT2D eigenvalue weighted by atomic mass is 10.1. The van der Waals surface area contributed by atoms with Crippen LogP contribution in [0.2, 0.25) is 0 Å². The Labute approximate surface area is 86.2 Å². The van der Waals surface area contributed by atoms with E-state index in [1.807, 2.05) is 0 Å². The summed E-state index contributed by atoms with van der Waals surface area (Å²) >= 11 is 0. The normalized spacial score (nSPS) is 20.7. The minimum absolute atomic E-state index is 0.0167. The van der Waals surface area contributed by atoms with Gasteiger partial charge in [0.15, 0.2) is 5.82 Å². The van der Waals surface area contributed by atoms with Crippen molar-refractivity contribution in [2.24, 2.45) is 0 Å². The molecule has 1 fully saturated rings. The molecule has 0 bridgehead atoms. The fourth-order valence-corrected chi connectivity index (χ4v) is 1.49. The lowest BCUT2D eigenvalue weighted by Gasteiger charge is -1.97. The fourth-order valence-electron chi connectivity index (χ4n) is 1.49. The quantitative estimate of drug-likeness (QED) is 0.786. The maximum absolute atomic E-state index is 10.3. The molecule has 1 aromatic rings. The van der Waals surface area contributed by atoms with Crippen LogP contribution in [0.15, 0.2) is 4.52 Å². The van der Waals surface area contributed by atoms with E-state index in [-0.39, 0.29) is 18.8 Å². The second-order valence-corrected chi connectivity index (χ2v) is 3.50. The zero-order valence-electron chi connectivity index (χ0n) is 8.18. The third-order valence-corrected chi connectivity index (χ3v) is 2.33. The van der Waals surface area contributed by atoms with Crippen LogP contribution in [0, 0.1) is 0 Å². The summed E-state index contributed by atoms with van der Waals surface area (Å²) < 4.78 is 10.2. The number of carbonyl (C=O) groups is 1. The summed E-state index contributed by atoms with van der Waals surface area (Å²) in [6, 6.07) is 0. The summed E-state index contributed by atoms with van der Waals surface area (Å²) in [7, 11) is 0. The van der Waals surface area contributed by atoms with Gasteiger partial charge in [0.2, 0.25) is 5.89 Å². The molecule has 1 aliphatic heterocycles. The lowest BCUT2D eigenvalue weighted by molar-refractivity contribution is -0.137. The third-order valence-electron chi connectivity index (χ3n) is 2.33. The van der Waals surface area contributed by atoms with E-state index < -0.39 is 5.97 Å². The van der Waals surface area contributed by atoms with Gasteiger partial charge in [-0.1, -0.05) is 5.16 Å². The first kappa shape index (κ1) is 10.1. The summed E-state index contributed by atoms with van der Waals surface area (Å²) in [5, 5.41) is 12.3. The van der Waals surface area contributed by atoms with Gasteiger partial charge in [0, 0.05) is 18.9 Å². The average Bonchev–Trinajstić information content (AvgIpc) is 2.85. The SMILES string of the molecule is O=C(O)CCc1nc(C2CCOC2)no1. The molecule has 6 heteroatoms. The number of rotatable bonds is 4. The molecule has 1 aromatic heterocycles. The Kier molecular flexibility index (Phi) is 2.96. The fraction of sp³-hybridized carbons (Fsp3) is 0.667. The molecule has 0 aliphatic carbocycles. The van der Waals surface area contributed by atoms with Crippen molar-refractivity contribution >= 4 is 5.97 Å². The van der Waals surface area contributed by atoms with E-state index in [1.54, 1.807) is 0 Å². The first-order valence-corrected chi connectivity index (χ1v) is 4.87. The second kappa shape index (κ2) is 4.39. The van der Waals surface area contributed by atoms with Crippen molar-refractivity contribution < 1.29 is 19.2 Å². The van der Waals surface area contributed by atoms with Crippen LogP contribution in [0.25, 0.3) is 0 Å². The Hall–Kier alpha value is -1.43. The van der Waals surface area contributed by atoms with E-state index >= 15 is 0 Å². The standard InChI is InChI=1S/C9H12N2O4/c12-8(13)2-1-7-10-9(11-15-7)6-3-4-14-5-6/h6H,1-5H2,(H,12,13). The molecule has 1 saturated heterocycles. The van der Waals surface area contributed by atoms with Crippen molar-refractivity contribution in [1.82, 2.24) is 10.1 Å². The highest BCUT2D eigenvalue weighted by atomic mass is 16.5. The molecule has 1 atom stereocenters. The summed E-state index contributed by atoms with van der Waals surface area (Å²) in [6.45, 7) is 1.35. The maximum atomic E-state index is 10.3. The lowest BCUT2D eigenvalue weighted by Crippen LogP contribution is -2.01. The van der Waals surface area contributed by atoms with Crippen molar-refractivity contribution in [1.29, 1.82) is 0 Å². The number of aliphatic carboxylic acids is 1. The molecular weight excluding hydrogens is 200 g/mol. The van der Waals surface area contributed by atoms with Crippen LogP contribution in [0.5, 0.6) is 0 Å². The number of carboxylic acids is 1. The highest BCUT2D eigenvalue weighted by Crippen LogP contribution is 2.22. The highest BCUT2D eigenvalue weighted by Gasteiger charge is 2.23. The molecule has 0 radical (unpaired) electrons. The molecule has 0 saturated carbocycles. The summed E-state index contributed by atoms with van der Waals surface area (Å²) in [5.74, 6) is 0.360. The van der Waals surface area contributed by atoms with Crippen molar-refractivity contribution in [3.8, 4) is 0 Å². The topological polar surface area (TPSA) is 85.5 Å². The molecule has 0 spiro atoms. The van der Waals surface area contributed by atoms with E-state index in [1.165, 1.54) is 0 Å². The molecule has 2 heterocycles. The molecule has 2 rings (SSSR count). The maximum Gasteiger partial charge on any atom is 0.303 e. The number of nitrogens with zero attached hydrogens (tertiary/aromatic N) is 2. The zero-order valence-corrected chi connectivity index (χ0v) is 8.18. The number of ether oxygens (including phenoxy) is 1. The van der Waals surface area contributed by atoms with Crippen LogP contribution < -0.4 is 0 Å². The molecule has 0 amide bonds. The number of aromatic nitrogens is 2. The van der Waals surface area contributed by atoms with E-state index in [0.717, 1.165) is 13.0 Å². The van der Waals surface area contributed by atoms with E-state index in [9.17, 15) is 4.79 Å². The number of hydrogen-bond acceptors (Lipinski definition) is 5. The van der Waals surface area contributed by atoms with Crippen molar-refractivity contribution in [2.75, 3.05) is 13.2 Å². The Morgan fingerprint density at radius 3 is 3.13 bits per heavy atom. The van der Waals surface area contributed by atoms with Gasteiger partial charge < -0.3 is 14.4 Å². The van der Waals surface area contributed by atoms with Gasteiger partial charge in [-0.2, -0.15) is 4.98 Å². The zero-order chi connectivity index (χ0) is 10.7. The number of carboxylic acid groups (broad SMARTS) is 1. The van der Waals surface area contributed by atoms with Crippen LogP contribution in [-0.2, 0) is 16.0 Å². The Bertz CT molecular complexity index is 344. The highest BCUT2D eigenvalue weighted by molar-refractivity contribution is 5.66. The van der Waals surface area contributed by atoms with E-state index in [0.29, 0.717) is 18.3 Å². The first-order valence-electron chi connectivity index (χ1n) is 4.87.